The Hall–Kier alpha value is -1.26. The summed E-state index contributed by atoms with van der Waals surface area (Å²) in [7, 11) is 3.59. The fourth-order valence-corrected chi connectivity index (χ4v) is 2.11. The highest BCUT2D eigenvalue weighted by atomic mass is 16.5. The molecule has 0 saturated carbocycles. The van der Waals surface area contributed by atoms with Crippen molar-refractivity contribution in [3.05, 3.63) is 23.8 Å². The molecule has 108 valence electrons. The van der Waals surface area contributed by atoms with Crippen molar-refractivity contribution in [1.29, 1.82) is 0 Å². The zero-order valence-corrected chi connectivity index (χ0v) is 12.6. The molecule has 0 fully saturated rings. The third-order valence-electron chi connectivity index (χ3n) is 3.40. The van der Waals surface area contributed by atoms with Crippen LogP contribution in [-0.2, 0) is 4.74 Å². The molecule has 0 aromatic heterocycles. The van der Waals surface area contributed by atoms with E-state index in [-0.39, 0.29) is 6.04 Å². The zero-order valence-electron chi connectivity index (χ0n) is 12.6. The molecule has 1 aromatic carbocycles. The van der Waals surface area contributed by atoms with E-state index in [1.807, 2.05) is 26.1 Å². The van der Waals surface area contributed by atoms with Crippen LogP contribution in [0.4, 0.5) is 5.69 Å². The second-order valence-corrected chi connectivity index (χ2v) is 5.03. The molecule has 0 saturated heterocycles. The molecule has 4 heteroatoms. The molecule has 4 nitrogen and oxygen atoms in total. The van der Waals surface area contributed by atoms with E-state index < -0.39 is 0 Å². The minimum atomic E-state index is 0.139. The van der Waals surface area contributed by atoms with E-state index in [9.17, 15) is 5.11 Å². The second kappa shape index (κ2) is 7.36. The highest BCUT2D eigenvalue weighted by Gasteiger charge is 2.14. The molecule has 0 bridgehead atoms. The van der Waals surface area contributed by atoms with E-state index in [1.54, 1.807) is 7.11 Å². The standard InChI is InChI=1S/C15H26N2O2/c1-11(2)17(8-9-19-5)13-6-7-14(12(3)16-4)15(18)10-13/h6-7,10-12,16,18H,8-9H2,1-5H3. The third kappa shape index (κ3) is 4.11. The third-order valence-corrected chi connectivity index (χ3v) is 3.40. The van der Waals surface area contributed by atoms with Crippen LogP contribution in [0.3, 0.4) is 0 Å². The molecule has 0 amide bonds. The van der Waals surface area contributed by atoms with Crippen LogP contribution in [0.25, 0.3) is 0 Å². The SMILES string of the molecule is CNC(C)c1ccc(N(CCOC)C(C)C)cc1O. The molecule has 1 atom stereocenters. The zero-order chi connectivity index (χ0) is 14.4. The van der Waals surface area contributed by atoms with Gasteiger partial charge in [0.25, 0.3) is 0 Å². The Labute approximate surface area is 116 Å². The van der Waals surface area contributed by atoms with Crippen molar-refractivity contribution in [3.63, 3.8) is 0 Å². The summed E-state index contributed by atoms with van der Waals surface area (Å²) in [6.45, 7) is 7.79. The smallest absolute Gasteiger partial charge is 0.122 e. The first-order valence-corrected chi connectivity index (χ1v) is 6.77. The summed E-state index contributed by atoms with van der Waals surface area (Å²) < 4.78 is 5.14. The monoisotopic (exact) mass is 266 g/mol. The van der Waals surface area contributed by atoms with Gasteiger partial charge >= 0.3 is 0 Å². The molecule has 0 heterocycles. The second-order valence-electron chi connectivity index (χ2n) is 5.03. The lowest BCUT2D eigenvalue weighted by atomic mass is 10.1. The number of phenols is 1. The fourth-order valence-electron chi connectivity index (χ4n) is 2.11. The molecule has 0 aliphatic heterocycles. The highest BCUT2D eigenvalue weighted by Crippen LogP contribution is 2.29. The maximum absolute atomic E-state index is 10.2. The Morgan fingerprint density at radius 1 is 1.32 bits per heavy atom. The van der Waals surface area contributed by atoms with E-state index in [0.29, 0.717) is 18.4 Å². The van der Waals surface area contributed by atoms with Crippen molar-refractivity contribution in [2.45, 2.75) is 32.9 Å². The summed E-state index contributed by atoms with van der Waals surface area (Å²) >= 11 is 0. The van der Waals surface area contributed by atoms with Gasteiger partial charge in [-0.05, 0) is 33.9 Å². The number of methoxy groups -OCH3 is 1. The normalized spacial score (nSPS) is 12.7. The van der Waals surface area contributed by atoms with Gasteiger partial charge in [-0.25, -0.2) is 0 Å². The first-order chi connectivity index (χ1) is 9.01. The van der Waals surface area contributed by atoms with Gasteiger partial charge in [0.2, 0.25) is 0 Å². The summed E-state index contributed by atoms with van der Waals surface area (Å²) in [4.78, 5) is 2.22. The Morgan fingerprint density at radius 3 is 2.47 bits per heavy atom. The molecular formula is C15H26N2O2. The van der Waals surface area contributed by atoms with E-state index in [2.05, 4.69) is 30.1 Å². The summed E-state index contributed by atoms with van der Waals surface area (Å²) in [5, 5.41) is 13.3. The van der Waals surface area contributed by atoms with Crippen LogP contribution in [0.5, 0.6) is 5.75 Å². The van der Waals surface area contributed by atoms with Gasteiger partial charge in [0.05, 0.1) is 6.61 Å². The maximum Gasteiger partial charge on any atom is 0.122 e. The Kier molecular flexibility index (Phi) is 6.12. The van der Waals surface area contributed by atoms with E-state index in [0.717, 1.165) is 17.8 Å². The van der Waals surface area contributed by atoms with E-state index >= 15 is 0 Å². The molecule has 2 N–H and O–H groups in total. The van der Waals surface area contributed by atoms with Crippen molar-refractivity contribution < 1.29 is 9.84 Å². The molecule has 19 heavy (non-hydrogen) atoms. The van der Waals surface area contributed by atoms with Gasteiger partial charge < -0.3 is 20.1 Å². The van der Waals surface area contributed by atoms with E-state index in [4.69, 9.17) is 4.74 Å². The average molecular weight is 266 g/mol. The van der Waals surface area contributed by atoms with Crippen molar-refractivity contribution in [2.75, 3.05) is 32.2 Å². The molecule has 1 unspecified atom stereocenters. The quantitative estimate of drug-likeness (QED) is 0.796. The Balaban J connectivity index is 2.96. The van der Waals surface area contributed by atoms with Crippen LogP contribution < -0.4 is 10.2 Å². The highest BCUT2D eigenvalue weighted by molar-refractivity contribution is 5.54. The lowest BCUT2D eigenvalue weighted by Gasteiger charge is -2.29. The number of rotatable bonds is 7. The van der Waals surface area contributed by atoms with Crippen molar-refractivity contribution in [1.82, 2.24) is 5.32 Å². The maximum atomic E-state index is 10.2. The van der Waals surface area contributed by atoms with Crippen LogP contribution in [0.15, 0.2) is 18.2 Å². The number of phenolic OH excluding ortho intramolecular Hbond substituents is 1. The number of hydrogen-bond acceptors (Lipinski definition) is 4. The first-order valence-electron chi connectivity index (χ1n) is 6.77. The molecule has 1 rings (SSSR count). The number of hydrogen-bond donors (Lipinski definition) is 2. The van der Waals surface area contributed by atoms with Crippen LogP contribution >= 0.6 is 0 Å². The Morgan fingerprint density at radius 2 is 2.00 bits per heavy atom. The average Bonchev–Trinajstić information content (AvgIpc) is 2.38. The number of ether oxygens (including phenoxy) is 1. The van der Waals surface area contributed by atoms with Crippen LogP contribution in [0.1, 0.15) is 32.4 Å². The number of anilines is 1. The molecule has 0 spiro atoms. The van der Waals surface area contributed by atoms with Crippen LogP contribution in [-0.4, -0.2) is 38.5 Å². The van der Waals surface area contributed by atoms with Crippen molar-refractivity contribution in [2.24, 2.45) is 0 Å². The predicted molar refractivity (Wildman–Crippen MR) is 79.9 cm³/mol. The largest absolute Gasteiger partial charge is 0.508 e. The van der Waals surface area contributed by atoms with Gasteiger partial charge in [0.1, 0.15) is 5.75 Å². The predicted octanol–water partition coefficient (Wildman–Crippen LogP) is 2.53. The number of nitrogens with zero attached hydrogens (tertiary/aromatic N) is 1. The fraction of sp³-hybridized carbons (Fsp3) is 0.600. The van der Waals surface area contributed by atoms with Gasteiger partial charge in [-0.2, -0.15) is 0 Å². The van der Waals surface area contributed by atoms with Crippen LogP contribution in [0.2, 0.25) is 0 Å². The van der Waals surface area contributed by atoms with Crippen LogP contribution in [0, 0.1) is 0 Å². The van der Waals surface area contributed by atoms with Crippen molar-refractivity contribution in [3.8, 4) is 5.75 Å². The topological polar surface area (TPSA) is 44.7 Å². The molecule has 1 aromatic rings. The van der Waals surface area contributed by atoms with Gasteiger partial charge in [-0.15, -0.1) is 0 Å². The van der Waals surface area contributed by atoms with Gasteiger partial charge in [-0.1, -0.05) is 6.07 Å². The minimum Gasteiger partial charge on any atom is -0.508 e. The lowest BCUT2D eigenvalue weighted by Crippen LogP contribution is -2.33. The Bertz CT molecular complexity index is 394. The lowest BCUT2D eigenvalue weighted by molar-refractivity contribution is 0.204. The van der Waals surface area contributed by atoms with Gasteiger partial charge in [0, 0.05) is 43.1 Å². The summed E-state index contributed by atoms with van der Waals surface area (Å²) in [6, 6.07) is 6.37. The van der Waals surface area contributed by atoms with E-state index in [1.165, 1.54) is 0 Å². The number of benzene rings is 1. The van der Waals surface area contributed by atoms with Crippen molar-refractivity contribution >= 4 is 5.69 Å². The minimum absolute atomic E-state index is 0.139. The molecule has 0 aliphatic rings. The van der Waals surface area contributed by atoms with Gasteiger partial charge in [-0.3, -0.25) is 0 Å². The molecular weight excluding hydrogens is 240 g/mol. The summed E-state index contributed by atoms with van der Waals surface area (Å²) in [6.07, 6.45) is 0. The number of nitrogens with one attached hydrogen (secondary N) is 1. The summed E-state index contributed by atoms with van der Waals surface area (Å²) in [5.74, 6) is 0.336. The summed E-state index contributed by atoms with van der Waals surface area (Å²) in [5.41, 5.74) is 1.94. The molecule has 0 radical (unpaired) electrons. The number of aromatic hydroxyl groups is 1. The molecule has 0 aliphatic carbocycles. The first kappa shape index (κ1) is 15.8. The van der Waals surface area contributed by atoms with Gasteiger partial charge in [0.15, 0.2) is 0 Å².